The van der Waals surface area contributed by atoms with Crippen LogP contribution in [-0.2, 0) is 6.42 Å². The predicted molar refractivity (Wildman–Crippen MR) is 147 cm³/mol. The van der Waals surface area contributed by atoms with Crippen molar-refractivity contribution in [3.63, 3.8) is 0 Å². The van der Waals surface area contributed by atoms with Crippen LogP contribution in [0.25, 0.3) is 27.4 Å². The predicted octanol–water partition coefficient (Wildman–Crippen LogP) is 5.92. The van der Waals surface area contributed by atoms with Crippen molar-refractivity contribution < 1.29 is 19.2 Å². The van der Waals surface area contributed by atoms with Crippen LogP contribution in [0.2, 0.25) is 0 Å². The summed E-state index contributed by atoms with van der Waals surface area (Å²) >= 11 is 0. The van der Waals surface area contributed by atoms with E-state index >= 15 is 0 Å². The Kier molecular flexibility index (Phi) is 6.13. The molecule has 39 heavy (non-hydrogen) atoms. The summed E-state index contributed by atoms with van der Waals surface area (Å²) in [5, 5.41) is 23.0. The smallest absolute Gasteiger partial charge is 0.335 e. The maximum atomic E-state index is 13.7. The second kappa shape index (κ2) is 9.90. The summed E-state index contributed by atoms with van der Waals surface area (Å²) in [6.07, 6.45) is 7.38. The van der Waals surface area contributed by atoms with Gasteiger partial charge in [0, 0.05) is 29.3 Å². The Morgan fingerprint density at radius 3 is 2.51 bits per heavy atom. The van der Waals surface area contributed by atoms with Crippen molar-refractivity contribution in [3.05, 3.63) is 125 Å². The first-order chi connectivity index (χ1) is 19.0. The van der Waals surface area contributed by atoms with E-state index in [0.29, 0.717) is 17.5 Å². The Morgan fingerprint density at radius 1 is 0.974 bits per heavy atom. The van der Waals surface area contributed by atoms with Crippen LogP contribution >= 0.6 is 0 Å². The van der Waals surface area contributed by atoms with Gasteiger partial charge < -0.3 is 14.9 Å². The summed E-state index contributed by atoms with van der Waals surface area (Å²) in [7, 11) is 0. The molecule has 3 aromatic heterocycles. The molecule has 1 amide bonds. The molecule has 192 valence electrons. The van der Waals surface area contributed by atoms with Crippen LogP contribution in [0.5, 0.6) is 0 Å². The first kappa shape index (κ1) is 24.1. The van der Waals surface area contributed by atoms with Crippen molar-refractivity contribution in [1.82, 2.24) is 20.1 Å². The van der Waals surface area contributed by atoms with Gasteiger partial charge in [-0.2, -0.15) is 5.10 Å². The number of nitrogens with one attached hydrogen (secondary N) is 1. The number of benzene rings is 3. The lowest BCUT2D eigenvalue weighted by atomic mass is 9.99. The number of amides is 1. The van der Waals surface area contributed by atoms with Crippen molar-refractivity contribution >= 4 is 28.2 Å². The second-order valence-electron chi connectivity index (χ2n) is 9.50. The van der Waals surface area contributed by atoms with Gasteiger partial charge >= 0.3 is 5.97 Å². The monoisotopic (exact) mass is 516 g/mol. The summed E-state index contributed by atoms with van der Waals surface area (Å²) in [6, 6.07) is 22.5. The number of aromatic carboxylic acids is 1. The molecule has 0 saturated heterocycles. The molecule has 3 aromatic carbocycles. The van der Waals surface area contributed by atoms with Crippen LogP contribution in [-0.4, -0.2) is 31.8 Å². The highest BCUT2D eigenvalue weighted by Crippen LogP contribution is 2.28. The van der Waals surface area contributed by atoms with Crippen molar-refractivity contribution in [2.24, 2.45) is 0 Å². The van der Waals surface area contributed by atoms with Gasteiger partial charge in [0.1, 0.15) is 6.26 Å². The average molecular weight is 517 g/mol. The van der Waals surface area contributed by atoms with Gasteiger partial charge in [-0.25, -0.2) is 9.31 Å². The highest BCUT2D eigenvalue weighted by atomic mass is 16.5. The first-order valence-corrected chi connectivity index (χ1v) is 12.5. The summed E-state index contributed by atoms with van der Waals surface area (Å²) in [4.78, 5) is 24.9. The minimum Gasteiger partial charge on any atom is -0.478 e. The van der Waals surface area contributed by atoms with E-state index in [4.69, 9.17) is 4.52 Å². The van der Waals surface area contributed by atoms with E-state index < -0.39 is 5.97 Å². The van der Waals surface area contributed by atoms with Crippen LogP contribution in [0.3, 0.4) is 0 Å². The van der Waals surface area contributed by atoms with Crippen LogP contribution < -0.4 is 5.32 Å². The number of pyridine rings is 1. The molecular formula is C31H24N4O4. The number of nitrogens with zero attached hydrogens (tertiary/aromatic N) is 3. The maximum absolute atomic E-state index is 13.7. The Balaban J connectivity index is 1.38. The third-order valence-corrected chi connectivity index (χ3v) is 6.91. The van der Waals surface area contributed by atoms with Gasteiger partial charge in [-0.05, 0) is 47.0 Å². The number of carbonyl (C=O) groups excluding carboxylic acids is 1. The van der Waals surface area contributed by atoms with Gasteiger partial charge in [0.15, 0.2) is 0 Å². The van der Waals surface area contributed by atoms with Gasteiger partial charge in [0.25, 0.3) is 5.91 Å². The van der Waals surface area contributed by atoms with E-state index in [1.165, 1.54) is 23.8 Å². The fourth-order valence-corrected chi connectivity index (χ4v) is 4.83. The zero-order chi connectivity index (χ0) is 26.9. The quantitative estimate of drug-likeness (QED) is 0.272. The minimum absolute atomic E-state index is 0.193. The normalized spacial score (nSPS) is 12.0. The zero-order valence-electron chi connectivity index (χ0n) is 21.0. The first-order valence-electron chi connectivity index (χ1n) is 12.5. The minimum atomic E-state index is -0.995. The van der Waals surface area contributed by atoms with Crippen LogP contribution in [0, 0.1) is 0 Å². The van der Waals surface area contributed by atoms with Crippen molar-refractivity contribution in [1.29, 1.82) is 0 Å². The zero-order valence-corrected chi connectivity index (χ0v) is 21.0. The molecule has 8 nitrogen and oxygen atoms in total. The molecule has 0 bridgehead atoms. The summed E-state index contributed by atoms with van der Waals surface area (Å²) in [5.74, 6) is -1.26. The maximum Gasteiger partial charge on any atom is 0.335 e. The lowest BCUT2D eigenvalue weighted by molar-refractivity contribution is 0.0696. The molecule has 0 saturated carbocycles. The number of hydrogen-bond donors (Lipinski definition) is 2. The lowest BCUT2D eigenvalue weighted by Crippen LogP contribution is -2.27. The lowest BCUT2D eigenvalue weighted by Gasteiger charge is -2.16. The largest absolute Gasteiger partial charge is 0.478 e. The molecule has 0 unspecified atom stereocenters. The Morgan fingerprint density at radius 2 is 1.77 bits per heavy atom. The molecule has 6 aromatic rings. The molecule has 6 rings (SSSR count). The fourth-order valence-electron chi connectivity index (χ4n) is 4.83. The van der Waals surface area contributed by atoms with E-state index in [1.54, 1.807) is 29.0 Å². The van der Waals surface area contributed by atoms with E-state index in [1.807, 2.05) is 31.3 Å². The SMILES string of the molecule is C[C@H](NC(=O)c1cc(-c2cnoc2)cn2ncc(Cc3ccc4ccccc4c3)c12)c1ccc(C(=O)O)cc1. The van der Waals surface area contributed by atoms with Gasteiger partial charge in [-0.3, -0.25) is 4.79 Å². The van der Waals surface area contributed by atoms with E-state index in [9.17, 15) is 14.7 Å². The van der Waals surface area contributed by atoms with E-state index in [2.05, 4.69) is 45.9 Å². The molecule has 8 heteroatoms. The Labute approximate surface area is 223 Å². The second-order valence-corrected chi connectivity index (χ2v) is 9.50. The van der Waals surface area contributed by atoms with Gasteiger partial charge in [-0.15, -0.1) is 0 Å². The molecular weight excluding hydrogens is 492 g/mol. The van der Waals surface area contributed by atoms with Crippen LogP contribution in [0.1, 0.15) is 50.4 Å². The third kappa shape index (κ3) is 4.75. The Bertz CT molecular complexity index is 1820. The number of hydrogen-bond acceptors (Lipinski definition) is 5. The highest BCUT2D eigenvalue weighted by Gasteiger charge is 2.20. The number of fused-ring (bicyclic) bond motifs is 2. The molecule has 0 aliphatic carbocycles. The van der Waals surface area contributed by atoms with Gasteiger partial charge in [-0.1, -0.05) is 59.8 Å². The fraction of sp³-hybridized carbons (Fsp3) is 0.0968. The molecule has 0 spiro atoms. The average Bonchev–Trinajstić information content (AvgIpc) is 3.63. The molecule has 0 aliphatic rings. The van der Waals surface area contributed by atoms with Crippen LogP contribution in [0.4, 0.5) is 0 Å². The molecule has 1 atom stereocenters. The molecule has 3 heterocycles. The number of aromatic nitrogens is 3. The number of carboxylic acids is 1. The van der Waals surface area contributed by atoms with Gasteiger partial charge in [0.2, 0.25) is 0 Å². The van der Waals surface area contributed by atoms with E-state index in [0.717, 1.165) is 33.2 Å². The van der Waals surface area contributed by atoms with Gasteiger partial charge in [0.05, 0.1) is 35.1 Å². The summed E-state index contributed by atoms with van der Waals surface area (Å²) < 4.78 is 6.75. The van der Waals surface area contributed by atoms with Crippen molar-refractivity contribution in [2.45, 2.75) is 19.4 Å². The number of carbonyl (C=O) groups is 2. The molecule has 2 N–H and O–H groups in total. The number of rotatable bonds is 7. The Hall–Kier alpha value is -5.24. The van der Waals surface area contributed by atoms with E-state index in [-0.39, 0.29) is 17.5 Å². The number of carboxylic acid groups (broad SMARTS) is 1. The van der Waals surface area contributed by atoms with Crippen molar-refractivity contribution in [3.8, 4) is 11.1 Å². The standard InChI is InChI=1S/C31H24N4O4/c1-19(21-8-10-23(11-9-21)31(37)38)34-30(36)28-14-26(27-16-33-39-18-27)17-35-29(28)25(15-32-35)13-20-6-7-22-4-2-3-5-24(22)12-20/h2-12,14-19H,13H2,1H3,(H,34,36)(H,37,38)/t19-/m0/s1. The van der Waals surface area contributed by atoms with Crippen molar-refractivity contribution in [2.75, 3.05) is 0 Å². The molecule has 0 radical (unpaired) electrons. The molecule has 0 aliphatic heterocycles. The topological polar surface area (TPSA) is 110 Å². The highest BCUT2D eigenvalue weighted by molar-refractivity contribution is 6.03. The third-order valence-electron chi connectivity index (χ3n) is 6.91. The molecule has 0 fully saturated rings. The summed E-state index contributed by atoms with van der Waals surface area (Å²) in [5.41, 5.74) is 5.69. The van der Waals surface area contributed by atoms with Crippen LogP contribution in [0.15, 0.2) is 102 Å². The summed E-state index contributed by atoms with van der Waals surface area (Å²) in [6.45, 7) is 1.86.